The van der Waals surface area contributed by atoms with Crippen molar-refractivity contribution in [2.75, 3.05) is 13.1 Å². The minimum Gasteiger partial charge on any atom is -0.356 e. The van der Waals surface area contributed by atoms with Crippen molar-refractivity contribution < 1.29 is 14.4 Å². The van der Waals surface area contributed by atoms with Crippen LogP contribution in [0.3, 0.4) is 0 Å². The summed E-state index contributed by atoms with van der Waals surface area (Å²) in [6, 6.07) is -0.620. The summed E-state index contributed by atoms with van der Waals surface area (Å²) in [6.07, 6.45) is 2.66. The van der Waals surface area contributed by atoms with Gasteiger partial charge in [-0.3, -0.25) is 9.59 Å². The Balaban J connectivity index is 2.45. The molecule has 0 bridgehead atoms. The highest BCUT2D eigenvalue weighted by Gasteiger charge is 2.25. The van der Waals surface area contributed by atoms with Crippen LogP contribution in [0.4, 0.5) is 0 Å². The van der Waals surface area contributed by atoms with Crippen molar-refractivity contribution >= 4 is 18.1 Å². The Morgan fingerprint density at radius 1 is 1.69 bits per heavy atom. The van der Waals surface area contributed by atoms with Gasteiger partial charge in [-0.25, -0.2) is 0 Å². The molecule has 0 aliphatic carbocycles. The zero-order chi connectivity index (χ0) is 12.0. The lowest BCUT2D eigenvalue weighted by Gasteiger charge is -2.24. The second-order valence-electron chi connectivity index (χ2n) is 3.88. The lowest BCUT2D eigenvalue weighted by molar-refractivity contribution is -0.128. The van der Waals surface area contributed by atoms with Gasteiger partial charge in [0.05, 0.1) is 12.6 Å². The number of amides is 2. The molecule has 0 saturated carbocycles. The van der Waals surface area contributed by atoms with E-state index < -0.39 is 6.04 Å². The van der Waals surface area contributed by atoms with E-state index >= 15 is 0 Å². The fraction of sp³-hybridized carbons (Fsp3) is 0.700. The largest absolute Gasteiger partial charge is 0.356 e. The summed E-state index contributed by atoms with van der Waals surface area (Å²) in [5, 5.41) is 5.21. The molecule has 2 atom stereocenters. The fourth-order valence-corrected chi connectivity index (χ4v) is 1.78. The average molecular weight is 227 g/mol. The molecule has 1 aliphatic heterocycles. The molecular weight excluding hydrogens is 210 g/mol. The zero-order valence-electron chi connectivity index (χ0n) is 9.07. The highest BCUT2D eigenvalue weighted by Crippen LogP contribution is 2.16. The number of piperidine rings is 1. The van der Waals surface area contributed by atoms with Crippen LogP contribution in [0, 0.1) is 5.92 Å². The molecule has 90 valence electrons. The summed E-state index contributed by atoms with van der Waals surface area (Å²) in [5.74, 6) is -0.615. The van der Waals surface area contributed by atoms with Crippen LogP contribution in [0.25, 0.3) is 0 Å². The highest BCUT2D eigenvalue weighted by atomic mass is 16.2. The first kappa shape index (κ1) is 12.6. The molecule has 16 heavy (non-hydrogen) atoms. The van der Waals surface area contributed by atoms with E-state index in [0.29, 0.717) is 19.3 Å². The van der Waals surface area contributed by atoms with Gasteiger partial charge >= 0.3 is 0 Å². The first-order valence-electron chi connectivity index (χ1n) is 5.39. The molecule has 0 aromatic carbocycles. The van der Waals surface area contributed by atoms with Gasteiger partial charge in [0.1, 0.15) is 6.29 Å². The average Bonchev–Trinajstić information content (AvgIpc) is 2.30. The van der Waals surface area contributed by atoms with Crippen LogP contribution in [0.2, 0.25) is 0 Å². The summed E-state index contributed by atoms with van der Waals surface area (Å²) >= 11 is 0. The van der Waals surface area contributed by atoms with E-state index in [1.165, 1.54) is 0 Å². The zero-order valence-corrected chi connectivity index (χ0v) is 9.07. The van der Waals surface area contributed by atoms with E-state index in [4.69, 9.17) is 5.73 Å². The van der Waals surface area contributed by atoms with Gasteiger partial charge in [0.25, 0.3) is 0 Å². The second kappa shape index (κ2) is 6.22. The molecule has 0 spiro atoms. The maximum atomic E-state index is 11.4. The second-order valence-corrected chi connectivity index (χ2v) is 3.88. The SMILES string of the molecule is NCC(=O)N[C@H](C=O)CC1CCCNC1=O. The summed E-state index contributed by atoms with van der Waals surface area (Å²) < 4.78 is 0. The number of carbonyl (C=O) groups is 3. The molecule has 0 aromatic heterocycles. The van der Waals surface area contributed by atoms with Gasteiger partial charge in [0.2, 0.25) is 11.8 Å². The van der Waals surface area contributed by atoms with Crippen LogP contribution in [0.1, 0.15) is 19.3 Å². The Bertz CT molecular complexity index is 280. The van der Waals surface area contributed by atoms with E-state index in [-0.39, 0.29) is 24.3 Å². The van der Waals surface area contributed by atoms with Crippen molar-refractivity contribution in [2.45, 2.75) is 25.3 Å². The highest BCUT2D eigenvalue weighted by molar-refractivity contribution is 5.82. The lowest BCUT2D eigenvalue weighted by atomic mass is 9.92. The summed E-state index contributed by atoms with van der Waals surface area (Å²) in [5.41, 5.74) is 5.13. The molecule has 1 unspecified atom stereocenters. The normalized spacial score (nSPS) is 22.1. The first-order chi connectivity index (χ1) is 7.67. The summed E-state index contributed by atoms with van der Waals surface area (Å²) in [6.45, 7) is 0.539. The standard InChI is InChI=1S/C10H17N3O3/c11-5-9(15)13-8(6-14)4-7-2-1-3-12-10(7)16/h6-8H,1-5,11H2,(H,12,16)(H,13,15)/t7?,8-/m0/s1. The van der Waals surface area contributed by atoms with Crippen LogP contribution in [0.5, 0.6) is 0 Å². The van der Waals surface area contributed by atoms with Gasteiger partial charge in [-0.1, -0.05) is 0 Å². The van der Waals surface area contributed by atoms with Crippen molar-refractivity contribution in [1.29, 1.82) is 0 Å². The van der Waals surface area contributed by atoms with Crippen molar-refractivity contribution in [3.8, 4) is 0 Å². The van der Waals surface area contributed by atoms with Crippen LogP contribution >= 0.6 is 0 Å². The Labute approximate surface area is 93.9 Å². The number of rotatable bonds is 5. The van der Waals surface area contributed by atoms with Gasteiger partial charge < -0.3 is 21.2 Å². The lowest BCUT2D eigenvalue weighted by Crippen LogP contribution is -2.44. The number of carbonyl (C=O) groups excluding carboxylic acids is 3. The van der Waals surface area contributed by atoms with E-state index in [1.54, 1.807) is 0 Å². The molecule has 1 fully saturated rings. The van der Waals surface area contributed by atoms with E-state index in [1.807, 2.05) is 0 Å². The van der Waals surface area contributed by atoms with Gasteiger partial charge in [-0.15, -0.1) is 0 Å². The molecule has 1 saturated heterocycles. The quantitative estimate of drug-likeness (QED) is 0.500. The molecule has 0 radical (unpaired) electrons. The number of hydrogen-bond donors (Lipinski definition) is 3. The number of nitrogens with one attached hydrogen (secondary N) is 2. The van der Waals surface area contributed by atoms with Crippen molar-refractivity contribution in [3.05, 3.63) is 0 Å². The monoisotopic (exact) mass is 227 g/mol. The number of hydrogen-bond acceptors (Lipinski definition) is 4. The third kappa shape index (κ3) is 3.62. The van der Waals surface area contributed by atoms with Crippen LogP contribution in [0.15, 0.2) is 0 Å². The number of nitrogens with two attached hydrogens (primary N) is 1. The van der Waals surface area contributed by atoms with E-state index in [9.17, 15) is 14.4 Å². The smallest absolute Gasteiger partial charge is 0.234 e. The minimum absolute atomic E-state index is 0.0416. The van der Waals surface area contributed by atoms with Crippen molar-refractivity contribution in [3.63, 3.8) is 0 Å². The topological polar surface area (TPSA) is 101 Å². The maximum Gasteiger partial charge on any atom is 0.234 e. The molecule has 4 N–H and O–H groups in total. The van der Waals surface area contributed by atoms with Gasteiger partial charge in [0.15, 0.2) is 0 Å². The third-order valence-corrected chi connectivity index (χ3v) is 2.63. The van der Waals surface area contributed by atoms with Gasteiger partial charge in [-0.2, -0.15) is 0 Å². The molecule has 1 rings (SSSR count). The summed E-state index contributed by atoms with van der Waals surface area (Å²) in [4.78, 5) is 33.2. The Morgan fingerprint density at radius 2 is 2.44 bits per heavy atom. The predicted molar refractivity (Wildman–Crippen MR) is 57.4 cm³/mol. The minimum atomic E-state index is -0.620. The molecule has 0 aromatic rings. The maximum absolute atomic E-state index is 11.4. The molecule has 1 heterocycles. The van der Waals surface area contributed by atoms with Crippen molar-refractivity contribution in [2.24, 2.45) is 11.7 Å². The first-order valence-corrected chi connectivity index (χ1v) is 5.39. The Kier molecular flexibility index (Phi) is 4.91. The summed E-state index contributed by atoms with van der Waals surface area (Å²) in [7, 11) is 0. The van der Waals surface area contributed by atoms with Crippen LogP contribution < -0.4 is 16.4 Å². The van der Waals surface area contributed by atoms with Crippen molar-refractivity contribution in [1.82, 2.24) is 10.6 Å². The number of aldehydes is 1. The molecular formula is C10H17N3O3. The fourth-order valence-electron chi connectivity index (χ4n) is 1.78. The van der Waals surface area contributed by atoms with E-state index in [2.05, 4.69) is 10.6 Å². The molecule has 1 aliphatic rings. The molecule has 6 heteroatoms. The van der Waals surface area contributed by atoms with Gasteiger partial charge in [0, 0.05) is 12.5 Å². The van der Waals surface area contributed by atoms with Crippen LogP contribution in [-0.4, -0.2) is 37.2 Å². The van der Waals surface area contributed by atoms with Crippen LogP contribution in [-0.2, 0) is 14.4 Å². The predicted octanol–water partition coefficient (Wildman–Crippen LogP) is -1.45. The molecule has 2 amide bonds. The third-order valence-electron chi connectivity index (χ3n) is 2.63. The molecule has 6 nitrogen and oxygen atoms in total. The van der Waals surface area contributed by atoms with E-state index in [0.717, 1.165) is 12.8 Å². The Hall–Kier alpha value is -1.43. The van der Waals surface area contributed by atoms with Gasteiger partial charge in [-0.05, 0) is 19.3 Å². The Morgan fingerprint density at radius 3 is 3.00 bits per heavy atom.